The van der Waals surface area contributed by atoms with E-state index in [-0.39, 0.29) is 0 Å². The van der Waals surface area contributed by atoms with Gasteiger partial charge in [-0.2, -0.15) is 0 Å². The number of benzene rings is 1. The predicted molar refractivity (Wildman–Crippen MR) is 130 cm³/mol. The lowest BCUT2D eigenvalue weighted by Crippen LogP contribution is -2.49. The number of nitrogens with zero attached hydrogens (tertiary/aromatic N) is 4. The largest absolute Gasteiger partial charge is 0.379 e. The number of morpholine rings is 1. The summed E-state index contributed by atoms with van der Waals surface area (Å²) in [6, 6.07) is 9.39. The maximum atomic E-state index is 5.50. The first kappa shape index (κ1) is 21.4. The van der Waals surface area contributed by atoms with Crippen LogP contribution in [0.15, 0.2) is 36.0 Å². The van der Waals surface area contributed by atoms with E-state index in [9.17, 15) is 0 Å². The van der Waals surface area contributed by atoms with Crippen molar-refractivity contribution in [3.05, 3.63) is 47.3 Å². The summed E-state index contributed by atoms with van der Waals surface area (Å²) in [4.78, 5) is 14.3. The number of aromatic nitrogens is 2. The highest BCUT2D eigenvalue weighted by Crippen LogP contribution is 2.37. The molecule has 0 atom stereocenters. The van der Waals surface area contributed by atoms with E-state index in [1.54, 1.807) is 0 Å². The molecule has 3 fully saturated rings. The third-order valence-electron chi connectivity index (χ3n) is 7.14. The lowest BCUT2D eigenvalue weighted by molar-refractivity contribution is 0.0115. The Balaban J connectivity index is 1.16. The van der Waals surface area contributed by atoms with E-state index >= 15 is 0 Å². The molecule has 0 radical (unpaired) electrons. The lowest BCUT2D eigenvalue weighted by Gasteiger charge is -2.40. The number of hydrogen-bond acceptors (Lipinski definition) is 6. The third-order valence-corrected chi connectivity index (χ3v) is 7.14. The van der Waals surface area contributed by atoms with Crippen LogP contribution < -0.4 is 10.2 Å². The minimum Gasteiger partial charge on any atom is -0.379 e. The monoisotopic (exact) mass is 433 g/mol. The molecule has 5 rings (SSSR count). The Hall–Kier alpha value is -2.44. The molecular formula is C26H35N5O. The van der Waals surface area contributed by atoms with Crippen LogP contribution in [0.4, 0.5) is 17.3 Å². The van der Waals surface area contributed by atoms with E-state index in [2.05, 4.69) is 69.3 Å². The summed E-state index contributed by atoms with van der Waals surface area (Å²) < 4.78 is 5.50. The zero-order chi connectivity index (χ0) is 21.9. The number of ether oxygens (including phenoxy) is 1. The lowest BCUT2D eigenvalue weighted by atomic mass is 10.0. The van der Waals surface area contributed by atoms with Gasteiger partial charge in [0, 0.05) is 55.4 Å². The molecule has 3 aliphatic rings. The molecule has 1 aliphatic carbocycles. The van der Waals surface area contributed by atoms with Crippen LogP contribution >= 0.6 is 0 Å². The normalized spacial score (nSPS) is 21.1. The van der Waals surface area contributed by atoms with Gasteiger partial charge in [-0.1, -0.05) is 11.6 Å². The van der Waals surface area contributed by atoms with Gasteiger partial charge < -0.3 is 15.0 Å². The van der Waals surface area contributed by atoms with Crippen molar-refractivity contribution in [2.45, 2.75) is 45.6 Å². The molecule has 1 saturated carbocycles. The molecule has 0 spiro atoms. The fourth-order valence-electron chi connectivity index (χ4n) is 4.90. The molecular weight excluding hydrogens is 398 g/mol. The predicted octanol–water partition coefficient (Wildman–Crippen LogP) is 4.64. The van der Waals surface area contributed by atoms with Crippen molar-refractivity contribution in [1.29, 1.82) is 0 Å². The van der Waals surface area contributed by atoms with Gasteiger partial charge in [0.05, 0.1) is 18.9 Å². The molecule has 0 amide bonds. The van der Waals surface area contributed by atoms with Gasteiger partial charge in [-0.15, -0.1) is 0 Å². The van der Waals surface area contributed by atoms with Gasteiger partial charge in [0.2, 0.25) is 5.95 Å². The van der Waals surface area contributed by atoms with Crippen LogP contribution in [0.5, 0.6) is 0 Å². The Bertz CT molecular complexity index is 939. The number of aryl methyl sites for hydroxylation is 1. The molecule has 0 bridgehead atoms. The minimum atomic E-state index is 0.655. The average molecular weight is 434 g/mol. The van der Waals surface area contributed by atoms with E-state index in [4.69, 9.17) is 4.74 Å². The molecule has 6 heteroatoms. The first-order valence-corrected chi connectivity index (χ1v) is 12.1. The van der Waals surface area contributed by atoms with Crippen LogP contribution in [-0.2, 0) is 4.74 Å². The van der Waals surface area contributed by atoms with Gasteiger partial charge in [-0.3, -0.25) is 4.90 Å². The summed E-state index contributed by atoms with van der Waals surface area (Å²) in [5.41, 5.74) is 5.90. The van der Waals surface area contributed by atoms with Crippen molar-refractivity contribution in [2.24, 2.45) is 5.92 Å². The van der Waals surface area contributed by atoms with Crippen LogP contribution in [0.3, 0.4) is 0 Å². The van der Waals surface area contributed by atoms with Gasteiger partial charge in [0.15, 0.2) is 0 Å². The van der Waals surface area contributed by atoms with Crippen LogP contribution in [0.2, 0.25) is 0 Å². The highest BCUT2D eigenvalue weighted by Gasteiger charge is 2.26. The number of anilines is 3. The van der Waals surface area contributed by atoms with Crippen molar-refractivity contribution in [2.75, 3.05) is 49.6 Å². The first-order valence-electron chi connectivity index (χ1n) is 12.1. The smallest absolute Gasteiger partial charge is 0.227 e. The standard InChI is InChI=1S/C26H35N5O/c1-19(21-3-4-21)17-22-18-27-26(28-20(22)2)29-23-5-7-24(8-6-23)30-11-9-25(10-12-30)31-13-15-32-16-14-31/h5-8,17-18,21,25H,3-4,9-16H2,1-2H3,(H,27,28,29)/b19-17+. The minimum absolute atomic E-state index is 0.655. The Morgan fingerprint density at radius 1 is 1.03 bits per heavy atom. The Kier molecular flexibility index (Phi) is 6.42. The number of hydrogen-bond donors (Lipinski definition) is 1. The molecule has 3 heterocycles. The second kappa shape index (κ2) is 9.59. The third kappa shape index (κ3) is 5.13. The Labute approximate surface area is 191 Å². The molecule has 32 heavy (non-hydrogen) atoms. The van der Waals surface area contributed by atoms with Gasteiger partial charge in [0.25, 0.3) is 0 Å². The number of nitrogens with one attached hydrogen (secondary N) is 1. The quantitative estimate of drug-likeness (QED) is 0.716. The van der Waals surface area contributed by atoms with Gasteiger partial charge in [-0.25, -0.2) is 9.97 Å². The van der Waals surface area contributed by atoms with E-state index in [1.807, 2.05) is 6.20 Å². The van der Waals surface area contributed by atoms with Crippen molar-refractivity contribution in [3.63, 3.8) is 0 Å². The maximum absolute atomic E-state index is 5.50. The van der Waals surface area contributed by atoms with Gasteiger partial charge in [-0.05, 0) is 69.7 Å². The highest BCUT2D eigenvalue weighted by molar-refractivity contribution is 5.61. The van der Waals surface area contributed by atoms with Crippen molar-refractivity contribution < 1.29 is 4.74 Å². The summed E-state index contributed by atoms with van der Waals surface area (Å²) in [6.07, 6.45) is 9.28. The van der Waals surface area contributed by atoms with Gasteiger partial charge >= 0.3 is 0 Å². The number of piperidine rings is 1. The number of allylic oxidation sites excluding steroid dienone is 1. The van der Waals surface area contributed by atoms with Crippen LogP contribution in [-0.4, -0.2) is 60.3 Å². The Morgan fingerprint density at radius 3 is 2.41 bits per heavy atom. The molecule has 1 aromatic heterocycles. The molecule has 6 nitrogen and oxygen atoms in total. The summed E-state index contributed by atoms with van der Waals surface area (Å²) in [5, 5.41) is 3.36. The van der Waals surface area contributed by atoms with Crippen molar-refractivity contribution in [3.8, 4) is 0 Å². The van der Waals surface area contributed by atoms with Crippen LogP contribution in [0, 0.1) is 12.8 Å². The summed E-state index contributed by atoms with van der Waals surface area (Å²) >= 11 is 0. The summed E-state index contributed by atoms with van der Waals surface area (Å²) in [7, 11) is 0. The molecule has 0 unspecified atom stereocenters. The summed E-state index contributed by atoms with van der Waals surface area (Å²) in [5.74, 6) is 1.43. The molecule has 2 aromatic rings. The molecule has 2 aliphatic heterocycles. The first-order chi connectivity index (χ1) is 15.7. The fraction of sp³-hybridized carbons (Fsp3) is 0.538. The fourth-order valence-corrected chi connectivity index (χ4v) is 4.90. The highest BCUT2D eigenvalue weighted by atomic mass is 16.5. The summed E-state index contributed by atoms with van der Waals surface area (Å²) in [6.45, 7) is 10.5. The molecule has 2 saturated heterocycles. The zero-order valence-corrected chi connectivity index (χ0v) is 19.4. The molecule has 1 N–H and O–H groups in total. The van der Waals surface area contributed by atoms with Crippen molar-refractivity contribution in [1.82, 2.24) is 14.9 Å². The molecule has 170 valence electrons. The van der Waals surface area contributed by atoms with Gasteiger partial charge in [0.1, 0.15) is 0 Å². The van der Waals surface area contributed by atoms with Crippen LogP contribution in [0.1, 0.15) is 43.9 Å². The topological polar surface area (TPSA) is 53.5 Å². The SMILES string of the molecule is C/C(=C\c1cnc(Nc2ccc(N3CCC(N4CCOCC4)CC3)cc2)nc1C)C1CC1. The van der Waals surface area contributed by atoms with E-state index < -0.39 is 0 Å². The molecule has 1 aromatic carbocycles. The number of rotatable bonds is 6. The maximum Gasteiger partial charge on any atom is 0.227 e. The van der Waals surface area contributed by atoms with Crippen molar-refractivity contribution >= 4 is 23.4 Å². The van der Waals surface area contributed by atoms with E-state index in [0.29, 0.717) is 12.0 Å². The second-order valence-corrected chi connectivity index (χ2v) is 9.44. The Morgan fingerprint density at radius 2 is 1.75 bits per heavy atom. The van der Waals surface area contributed by atoms with E-state index in [0.717, 1.165) is 62.3 Å². The van der Waals surface area contributed by atoms with Crippen LogP contribution in [0.25, 0.3) is 6.08 Å². The second-order valence-electron chi connectivity index (χ2n) is 9.44. The van der Waals surface area contributed by atoms with E-state index in [1.165, 1.54) is 36.9 Å². The zero-order valence-electron chi connectivity index (χ0n) is 19.4. The average Bonchev–Trinajstić information content (AvgIpc) is 3.68.